The van der Waals surface area contributed by atoms with Crippen molar-refractivity contribution in [3.05, 3.63) is 167 Å². The Morgan fingerprint density at radius 3 is 1.79 bits per heavy atom. The standard InChI is InChI=1S/C42H42N2O4/c1-30-23-25-33(26-24-30)42(31-14-4-2-5-15-31,32-16-6-3-7-17-32)43-27-13-12-18-34(28-40(45)46)44-41(47)48-29-39-37-21-10-8-19-35(37)36-20-9-11-22-38(36)39/h2-11,14-17,19-26,34,39,43H,12-13,18,27-29H2,1H3,(H,44,47)(H,45,46)/t34-/m0/s1. The lowest BCUT2D eigenvalue weighted by atomic mass is 9.76. The zero-order valence-corrected chi connectivity index (χ0v) is 27.3. The van der Waals surface area contributed by atoms with Crippen LogP contribution in [-0.4, -0.2) is 36.4 Å². The van der Waals surface area contributed by atoms with E-state index in [9.17, 15) is 14.7 Å². The molecule has 0 unspecified atom stereocenters. The van der Waals surface area contributed by atoms with E-state index in [-0.39, 0.29) is 18.9 Å². The first-order valence-electron chi connectivity index (χ1n) is 16.7. The molecule has 0 aromatic heterocycles. The number of alkyl carbamates (subject to hydrolysis) is 1. The van der Waals surface area contributed by atoms with Crippen molar-refractivity contribution in [1.82, 2.24) is 10.6 Å². The van der Waals surface area contributed by atoms with E-state index < -0.39 is 23.6 Å². The molecule has 1 atom stereocenters. The fraction of sp³-hybridized carbons (Fsp3) is 0.238. The minimum Gasteiger partial charge on any atom is -0.481 e. The number of fused-ring (bicyclic) bond motifs is 3. The largest absolute Gasteiger partial charge is 0.481 e. The van der Waals surface area contributed by atoms with Gasteiger partial charge in [-0.15, -0.1) is 0 Å². The summed E-state index contributed by atoms with van der Waals surface area (Å²) in [5.74, 6) is -1.02. The van der Waals surface area contributed by atoms with E-state index in [2.05, 4.69) is 115 Å². The summed E-state index contributed by atoms with van der Waals surface area (Å²) in [6, 6.07) is 45.4. The number of rotatable bonds is 14. The van der Waals surface area contributed by atoms with Gasteiger partial charge in [0.2, 0.25) is 0 Å². The molecule has 48 heavy (non-hydrogen) atoms. The van der Waals surface area contributed by atoms with Crippen LogP contribution in [0.15, 0.2) is 133 Å². The quantitative estimate of drug-likeness (QED) is 0.0840. The van der Waals surface area contributed by atoms with Crippen molar-refractivity contribution in [2.24, 2.45) is 0 Å². The highest BCUT2D eigenvalue weighted by Gasteiger charge is 2.35. The maximum Gasteiger partial charge on any atom is 0.407 e. The molecule has 6 nitrogen and oxygen atoms in total. The Morgan fingerprint density at radius 1 is 0.708 bits per heavy atom. The van der Waals surface area contributed by atoms with Crippen LogP contribution < -0.4 is 10.6 Å². The van der Waals surface area contributed by atoms with Gasteiger partial charge in [-0.3, -0.25) is 10.1 Å². The molecule has 0 saturated heterocycles. The second-order valence-electron chi connectivity index (χ2n) is 12.5. The maximum absolute atomic E-state index is 13.0. The SMILES string of the molecule is Cc1ccc(C(NCCCC[C@@H](CC(=O)O)NC(=O)OCC2c3ccccc3-c3ccccc32)(c2ccccc2)c2ccccc2)cc1. The van der Waals surface area contributed by atoms with Gasteiger partial charge in [0.1, 0.15) is 6.61 Å². The third-order valence-corrected chi connectivity index (χ3v) is 9.35. The van der Waals surface area contributed by atoms with E-state index in [4.69, 9.17) is 4.74 Å². The molecule has 0 spiro atoms. The van der Waals surface area contributed by atoms with Gasteiger partial charge in [0.15, 0.2) is 0 Å². The molecule has 0 aliphatic heterocycles. The van der Waals surface area contributed by atoms with Crippen molar-refractivity contribution in [3.63, 3.8) is 0 Å². The molecule has 5 aromatic carbocycles. The molecule has 1 amide bonds. The molecule has 0 fully saturated rings. The molecule has 1 aliphatic carbocycles. The number of carboxylic acid groups (broad SMARTS) is 1. The number of ether oxygens (including phenoxy) is 1. The zero-order valence-electron chi connectivity index (χ0n) is 27.3. The van der Waals surface area contributed by atoms with Crippen molar-refractivity contribution < 1.29 is 19.4 Å². The molecule has 6 heteroatoms. The molecule has 5 aromatic rings. The van der Waals surface area contributed by atoms with Crippen LogP contribution in [0.25, 0.3) is 11.1 Å². The van der Waals surface area contributed by atoms with Gasteiger partial charge < -0.3 is 15.2 Å². The van der Waals surface area contributed by atoms with Gasteiger partial charge in [0.05, 0.1) is 12.0 Å². The minimum atomic E-state index is -0.955. The van der Waals surface area contributed by atoms with E-state index >= 15 is 0 Å². The predicted molar refractivity (Wildman–Crippen MR) is 190 cm³/mol. The lowest BCUT2D eigenvalue weighted by molar-refractivity contribution is -0.137. The van der Waals surface area contributed by atoms with Crippen molar-refractivity contribution in [2.75, 3.05) is 13.2 Å². The Labute approximate surface area is 282 Å². The molecule has 1 aliphatic rings. The van der Waals surface area contributed by atoms with Crippen molar-refractivity contribution in [2.45, 2.75) is 50.1 Å². The lowest BCUT2D eigenvalue weighted by Gasteiger charge is -2.37. The van der Waals surface area contributed by atoms with E-state index in [0.29, 0.717) is 13.0 Å². The number of carboxylic acids is 1. The third kappa shape index (κ3) is 7.19. The molecular weight excluding hydrogens is 596 g/mol. The second-order valence-corrected chi connectivity index (χ2v) is 12.5. The Morgan fingerprint density at radius 2 is 1.23 bits per heavy atom. The molecule has 3 N–H and O–H groups in total. The summed E-state index contributed by atoms with van der Waals surface area (Å²) in [6.45, 7) is 2.96. The smallest absolute Gasteiger partial charge is 0.407 e. The highest BCUT2D eigenvalue weighted by atomic mass is 16.5. The van der Waals surface area contributed by atoms with Crippen molar-refractivity contribution in [3.8, 4) is 11.1 Å². The van der Waals surface area contributed by atoms with Gasteiger partial charge in [-0.2, -0.15) is 0 Å². The van der Waals surface area contributed by atoms with Crippen LogP contribution in [0, 0.1) is 6.92 Å². The average Bonchev–Trinajstić information content (AvgIpc) is 3.43. The number of nitrogens with one attached hydrogen (secondary N) is 2. The normalized spacial score (nSPS) is 12.9. The zero-order chi connectivity index (χ0) is 33.3. The number of unbranched alkanes of at least 4 members (excludes halogenated alkanes) is 1. The monoisotopic (exact) mass is 638 g/mol. The summed E-state index contributed by atoms with van der Waals surface area (Å²) in [7, 11) is 0. The van der Waals surface area contributed by atoms with Gasteiger partial charge in [-0.25, -0.2) is 4.79 Å². The summed E-state index contributed by atoms with van der Waals surface area (Å²) in [5.41, 5.74) is 8.63. The fourth-order valence-corrected chi connectivity index (χ4v) is 7.02. The predicted octanol–water partition coefficient (Wildman–Crippen LogP) is 8.43. The molecule has 0 heterocycles. The summed E-state index contributed by atoms with van der Waals surface area (Å²) in [5, 5.41) is 16.4. The van der Waals surface area contributed by atoms with E-state index in [1.807, 2.05) is 36.4 Å². The van der Waals surface area contributed by atoms with Crippen LogP contribution in [0.5, 0.6) is 0 Å². The topological polar surface area (TPSA) is 87.7 Å². The average molecular weight is 639 g/mol. The second kappa shape index (κ2) is 15.1. The van der Waals surface area contributed by atoms with Crippen LogP contribution in [-0.2, 0) is 15.1 Å². The number of carbonyl (C=O) groups excluding carboxylic acids is 1. The van der Waals surface area contributed by atoms with Crippen LogP contribution >= 0.6 is 0 Å². The highest BCUT2D eigenvalue weighted by molar-refractivity contribution is 5.79. The van der Waals surface area contributed by atoms with Crippen LogP contribution in [0.2, 0.25) is 0 Å². The number of hydrogen-bond donors (Lipinski definition) is 3. The molecule has 0 saturated carbocycles. The van der Waals surface area contributed by atoms with Gasteiger partial charge in [0.25, 0.3) is 0 Å². The third-order valence-electron chi connectivity index (χ3n) is 9.35. The van der Waals surface area contributed by atoms with E-state index in [1.165, 1.54) is 5.56 Å². The summed E-state index contributed by atoms with van der Waals surface area (Å²) < 4.78 is 5.72. The first-order chi connectivity index (χ1) is 23.5. The van der Waals surface area contributed by atoms with Crippen LogP contribution in [0.1, 0.15) is 65.0 Å². The Bertz CT molecular complexity index is 1740. The molecular formula is C42H42N2O4. The van der Waals surface area contributed by atoms with E-state index in [1.54, 1.807) is 0 Å². The Hall–Kier alpha value is -5.20. The maximum atomic E-state index is 13.0. The molecule has 6 rings (SSSR count). The van der Waals surface area contributed by atoms with Gasteiger partial charge in [0, 0.05) is 12.0 Å². The van der Waals surface area contributed by atoms with Gasteiger partial charge in [-0.05, 0) is 65.3 Å². The highest BCUT2D eigenvalue weighted by Crippen LogP contribution is 2.44. The number of amides is 1. The number of aliphatic carboxylic acids is 1. The number of aryl methyl sites for hydroxylation is 1. The van der Waals surface area contributed by atoms with Crippen LogP contribution in [0.4, 0.5) is 4.79 Å². The number of carbonyl (C=O) groups is 2. The molecule has 0 bridgehead atoms. The number of hydrogen-bond acceptors (Lipinski definition) is 4. The Kier molecular flexibility index (Phi) is 10.3. The lowest BCUT2D eigenvalue weighted by Crippen LogP contribution is -2.45. The molecule has 0 radical (unpaired) electrons. The summed E-state index contributed by atoms with van der Waals surface area (Å²) in [6.07, 6.45) is 1.27. The fourth-order valence-electron chi connectivity index (χ4n) is 7.02. The summed E-state index contributed by atoms with van der Waals surface area (Å²) >= 11 is 0. The van der Waals surface area contributed by atoms with Crippen LogP contribution in [0.3, 0.4) is 0 Å². The first-order valence-corrected chi connectivity index (χ1v) is 16.7. The van der Waals surface area contributed by atoms with Gasteiger partial charge >= 0.3 is 12.1 Å². The minimum absolute atomic E-state index is 0.0600. The van der Waals surface area contributed by atoms with Crippen molar-refractivity contribution in [1.29, 1.82) is 0 Å². The number of benzene rings is 5. The summed E-state index contributed by atoms with van der Waals surface area (Å²) in [4.78, 5) is 24.7. The Balaban J connectivity index is 1.10. The van der Waals surface area contributed by atoms with Crippen molar-refractivity contribution >= 4 is 12.1 Å². The molecule has 244 valence electrons. The van der Waals surface area contributed by atoms with Gasteiger partial charge in [-0.1, -0.05) is 145 Å². The van der Waals surface area contributed by atoms with E-state index in [0.717, 1.165) is 51.8 Å². The first kappa shape index (κ1) is 32.7.